The Labute approximate surface area is 182 Å². The van der Waals surface area contributed by atoms with E-state index in [0.717, 1.165) is 35.4 Å². The molecule has 3 aromatic rings. The lowest BCUT2D eigenvalue weighted by molar-refractivity contribution is 0.325. The van der Waals surface area contributed by atoms with E-state index in [4.69, 9.17) is 9.47 Å². The lowest BCUT2D eigenvalue weighted by Gasteiger charge is -2.21. The highest BCUT2D eigenvalue weighted by Crippen LogP contribution is 2.29. The number of hydrogen-bond donors (Lipinski definition) is 1. The van der Waals surface area contributed by atoms with Crippen LogP contribution >= 0.6 is 11.8 Å². The van der Waals surface area contributed by atoms with Crippen LogP contribution < -0.4 is 19.7 Å². The molecule has 2 aromatic carbocycles. The van der Waals surface area contributed by atoms with Crippen LogP contribution in [-0.4, -0.2) is 42.9 Å². The van der Waals surface area contributed by atoms with E-state index < -0.39 is 0 Å². The maximum absolute atomic E-state index is 6.01. The second-order valence-electron chi connectivity index (χ2n) is 7.27. The number of nitrogens with one attached hydrogen (secondary N) is 1. The van der Waals surface area contributed by atoms with Crippen molar-refractivity contribution in [3.8, 4) is 17.2 Å². The van der Waals surface area contributed by atoms with Crippen molar-refractivity contribution >= 4 is 17.6 Å². The topological polar surface area (TPSA) is 46.6 Å². The number of hydrogen-bond acceptors (Lipinski definition) is 6. The van der Waals surface area contributed by atoms with Gasteiger partial charge in [0.25, 0.3) is 0 Å². The first-order chi connectivity index (χ1) is 14.8. The van der Waals surface area contributed by atoms with Crippen molar-refractivity contribution in [2.24, 2.45) is 0 Å². The van der Waals surface area contributed by atoms with Crippen LogP contribution in [0.2, 0.25) is 0 Å². The quantitative estimate of drug-likeness (QED) is 0.545. The molecule has 0 bridgehead atoms. The zero-order chi connectivity index (χ0) is 20.6. The molecule has 0 aliphatic carbocycles. The summed E-state index contributed by atoms with van der Waals surface area (Å²) in [4.78, 5) is 6.55. The third-order valence-corrected chi connectivity index (χ3v) is 5.99. The van der Waals surface area contributed by atoms with E-state index in [9.17, 15) is 0 Å². The van der Waals surface area contributed by atoms with Crippen molar-refractivity contribution in [2.45, 2.75) is 12.5 Å². The summed E-state index contributed by atoms with van der Waals surface area (Å²) in [5, 5.41) is 3.51. The Morgan fingerprint density at radius 3 is 2.63 bits per heavy atom. The first kappa shape index (κ1) is 20.6. The molecule has 1 aliphatic rings. The van der Waals surface area contributed by atoms with Crippen LogP contribution in [0.1, 0.15) is 5.56 Å². The minimum Gasteiger partial charge on any atom is -0.492 e. The molecule has 156 valence electrons. The average molecular weight is 422 g/mol. The van der Waals surface area contributed by atoms with Gasteiger partial charge >= 0.3 is 0 Å². The van der Waals surface area contributed by atoms with Crippen molar-refractivity contribution < 1.29 is 9.47 Å². The van der Waals surface area contributed by atoms with Gasteiger partial charge in [0.15, 0.2) is 11.6 Å². The van der Waals surface area contributed by atoms with Crippen molar-refractivity contribution in [2.75, 3.05) is 36.7 Å². The molecule has 1 aliphatic heterocycles. The van der Waals surface area contributed by atoms with Crippen molar-refractivity contribution in [3.05, 3.63) is 78.5 Å². The smallest absolute Gasteiger partial charge is 0.171 e. The van der Waals surface area contributed by atoms with Gasteiger partial charge in [0, 0.05) is 30.9 Å². The summed E-state index contributed by atoms with van der Waals surface area (Å²) in [5.41, 5.74) is 1.34. The molecule has 0 amide bonds. The molecule has 1 unspecified atom stereocenters. The zero-order valence-electron chi connectivity index (χ0n) is 17.2. The van der Waals surface area contributed by atoms with E-state index in [-0.39, 0.29) is 0 Å². The monoisotopic (exact) mass is 421 g/mol. The minimum absolute atomic E-state index is 0.567. The summed E-state index contributed by atoms with van der Waals surface area (Å²) in [6, 6.07) is 22.6. The number of pyridine rings is 1. The molecular formula is C24H27N3O2S. The third kappa shape index (κ3) is 5.68. The van der Waals surface area contributed by atoms with Gasteiger partial charge in [0.2, 0.25) is 0 Å². The molecule has 0 saturated carbocycles. The Balaban J connectivity index is 1.29. The Morgan fingerprint density at radius 2 is 1.87 bits per heavy atom. The van der Waals surface area contributed by atoms with Gasteiger partial charge in [0.05, 0.1) is 6.54 Å². The van der Waals surface area contributed by atoms with Gasteiger partial charge in [-0.1, -0.05) is 30.3 Å². The highest BCUT2D eigenvalue weighted by molar-refractivity contribution is 7.99. The zero-order valence-corrected chi connectivity index (χ0v) is 18.0. The summed E-state index contributed by atoms with van der Waals surface area (Å²) in [5.74, 6) is 5.46. The third-order valence-electron chi connectivity index (χ3n) is 4.98. The number of aromatic nitrogens is 1. The molecule has 1 saturated heterocycles. The molecule has 0 spiro atoms. The molecule has 0 radical (unpaired) electrons. The van der Waals surface area contributed by atoms with Crippen LogP contribution in [0.25, 0.3) is 0 Å². The second-order valence-corrected chi connectivity index (χ2v) is 8.30. The second kappa shape index (κ2) is 10.4. The summed E-state index contributed by atoms with van der Waals surface area (Å²) >= 11 is 1.96. The number of likely N-dealkylation sites (N-methyl/N-ethyl adjacent to an activating group) is 1. The first-order valence-electron chi connectivity index (χ1n) is 10.2. The van der Waals surface area contributed by atoms with Gasteiger partial charge in [-0.05, 0) is 48.4 Å². The lowest BCUT2D eigenvalue weighted by Crippen LogP contribution is -2.26. The Hall–Kier alpha value is -2.70. The van der Waals surface area contributed by atoms with E-state index in [1.54, 1.807) is 6.20 Å². The fraction of sp³-hybridized carbons (Fsp3) is 0.292. The van der Waals surface area contributed by atoms with Gasteiger partial charge < -0.3 is 19.7 Å². The highest BCUT2D eigenvalue weighted by atomic mass is 32.2. The molecular weight excluding hydrogens is 394 g/mol. The van der Waals surface area contributed by atoms with Gasteiger partial charge in [0.1, 0.15) is 18.1 Å². The number of benzene rings is 2. The molecule has 1 fully saturated rings. The van der Waals surface area contributed by atoms with E-state index in [0.29, 0.717) is 19.2 Å². The predicted octanol–water partition coefficient (Wildman–Crippen LogP) is 4.59. The average Bonchev–Trinajstić information content (AvgIpc) is 3.29. The maximum atomic E-state index is 6.01. The van der Waals surface area contributed by atoms with Crippen LogP contribution in [0.5, 0.6) is 17.2 Å². The molecule has 1 atom stereocenters. The number of ether oxygens (including phenoxy) is 2. The molecule has 1 aromatic heterocycles. The predicted molar refractivity (Wildman–Crippen MR) is 124 cm³/mol. The molecule has 4 rings (SSSR count). The molecule has 30 heavy (non-hydrogen) atoms. The summed E-state index contributed by atoms with van der Waals surface area (Å²) in [7, 11) is 2.00. The van der Waals surface area contributed by atoms with Crippen LogP contribution in [0.4, 0.5) is 5.82 Å². The Bertz CT molecular complexity index is 915. The van der Waals surface area contributed by atoms with Crippen molar-refractivity contribution in [1.29, 1.82) is 0 Å². The van der Waals surface area contributed by atoms with Crippen LogP contribution in [0.15, 0.2) is 72.9 Å². The van der Waals surface area contributed by atoms with Crippen molar-refractivity contribution in [1.82, 2.24) is 10.3 Å². The summed E-state index contributed by atoms with van der Waals surface area (Å²) < 4.78 is 12.0. The minimum atomic E-state index is 0.567. The lowest BCUT2D eigenvalue weighted by atomic mass is 10.1. The standard InChI is InChI=1S/C24H27N3O2S/c1-27(24-23(8-5-13-25-24)29-22-6-3-2-4-7-22)14-15-28-21-11-9-19(10-12-21)16-20-17-30-18-26-20/h2-13,20,26H,14-18H2,1H3. The number of thioether (sulfide) groups is 1. The van der Waals surface area contributed by atoms with Crippen LogP contribution in [0, 0.1) is 0 Å². The normalized spacial score (nSPS) is 15.7. The fourth-order valence-electron chi connectivity index (χ4n) is 3.34. The molecule has 2 heterocycles. The first-order valence-corrected chi connectivity index (χ1v) is 11.4. The fourth-order valence-corrected chi connectivity index (χ4v) is 4.34. The maximum Gasteiger partial charge on any atom is 0.171 e. The molecule has 1 N–H and O–H groups in total. The molecule has 5 nitrogen and oxygen atoms in total. The van der Waals surface area contributed by atoms with Crippen LogP contribution in [0.3, 0.4) is 0 Å². The highest BCUT2D eigenvalue weighted by Gasteiger charge is 2.15. The number of nitrogens with zero attached hydrogens (tertiary/aromatic N) is 2. The number of anilines is 1. The molecule has 6 heteroatoms. The SMILES string of the molecule is CN(CCOc1ccc(CC2CSCN2)cc1)c1ncccc1Oc1ccccc1. The van der Waals surface area contributed by atoms with Gasteiger partial charge in [-0.25, -0.2) is 4.98 Å². The van der Waals surface area contributed by atoms with Gasteiger partial charge in [-0.2, -0.15) is 0 Å². The summed E-state index contributed by atoms with van der Waals surface area (Å²) in [6.45, 7) is 1.27. The number of rotatable bonds is 9. The van der Waals surface area contributed by atoms with E-state index in [2.05, 4.69) is 39.5 Å². The van der Waals surface area contributed by atoms with Crippen molar-refractivity contribution in [3.63, 3.8) is 0 Å². The number of para-hydroxylation sites is 1. The Kier molecular flexibility index (Phi) is 7.11. The van der Waals surface area contributed by atoms with Gasteiger partial charge in [-0.15, -0.1) is 11.8 Å². The van der Waals surface area contributed by atoms with E-state index in [1.807, 2.05) is 61.3 Å². The van der Waals surface area contributed by atoms with Crippen LogP contribution in [-0.2, 0) is 6.42 Å². The Morgan fingerprint density at radius 1 is 1.03 bits per heavy atom. The van der Waals surface area contributed by atoms with E-state index in [1.165, 1.54) is 11.3 Å². The summed E-state index contributed by atoms with van der Waals surface area (Å²) in [6.07, 6.45) is 2.85. The largest absolute Gasteiger partial charge is 0.492 e. The van der Waals surface area contributed by atoms with E-state index >= 15 is 0 Å². The van der Waals surface area contributed by atoms with Gasteiger partial charge in [-0.3, -0.25) is 0 Å².